The molecule has 20 heavy (non-hydrogen) atoms. The Morgan fingerprint density at radius 3 is 2.90 bits per heavy atom. The highest BCUT2D eigenvalue weighted by molar-refractivity contribution is 7.16. The number of anilines is 2. The van der Waals surface area contributed by atoms with Gasteiger partial charge in [0, 0.05) is 6.20 Å². The van der Waals surface area contributed by atoms with Crippen molar-refractivity contribution < 1.29 is 0 Å². The first kappa shape index (κ1) is 12.7. The Morgan fingerprint density at radius 1 is 1.25 bits per heavy atom. The number of nitrogens with two attached hydrogens (primary N) is 1. The van der Waals surface area contributed by atoms with Gasteiger partial charge in [-0.3, -0.25) is 15.4 Å². The van der Waals surface area contributed by atoms with Crippen LogP contribution >= 0.6 is 11.3 Å². The minimum Gasteiger partial charge on any atom is -0.364 e. The number of nitrogen functional groups attached to an aromatic ring is 1. The van der Waals surface area contributed by atoms with Crippen LogP contribution in [0.25, 0.3) is 10.2 Å². The SMILES string of the molecule is Cc1cnc(CNc2nc(NN)nc3sccc23)cn1. The predicted molar refractivity (Wildman–Crippen MR) is 79.3 cm³/mol. The van der Waals surface area contributed by atoms with Crippen LogP contribution in [0.3, 0.4) is 0 Å². The number of rotatable bonds is 4. The van der Waals surface area contributed by atoms with E-state index in [1.807, 2.05) is 18.4 Å². The van der Waals surface area contributed by atoms with Crippen LogP contribution in [0.5, 0.6) is 0 Å². The van der Waals surface area contributed by atoms with Gasteiger partial charge in [-0.25, -0.2) is 10.8 Å². The summed E-state index contributed by atoms with van der Waals surface area (Å²) in [6, 6.07) is 1.98. The van der Waals surface area contributed by atoms with Gasteiger partial charge in [-0.1, -0.05) is 0 Å². The van der Waals surface area contributed by atoms with E-state index >= 15 is 0 Å². The van der Waals surface area contributed by atoms with Gasteiger partial charge in [0.05, 0.1) is 29.5 Å². The quantitative estimate of drug-likeness (QED) is 0.495. The number of hydrogen-bond donors (Lipinski definition) is 3. The molecule has 0 saturated carbocycles. The lowest BCUT2D eigenvalue weighted by molar-refractivity contribution is 0.976. The Kier molecular flexibility index (Phi) is 3.40. The second-order valence-electron chi connectivity index (χ2n) is 4.18. The smallest absolute Gasteiger partial charge is 0.240 e. The number of thiophene rings is 1. The molecule has 8 heteroatoms. The molecule has 7 nitrogen and oxygen atoms in total. The third kappa shape index (κ3) is 2.51. The Bertz CT molecular complexity index is 722. The van der Waals surface area contributed by atoms with Crippen LogP contribution in [-0.4, -0.2) is 19.9 Å². The highest BCUT2D eigenvalue weighted by atomic mass is 32.1. The first-order valence-corrected chi connectivity index (χ1v) is 6.87. The summed E-state index contributed by atoms with van der Waals surface area (Å²) in [4.78, 5) is 18.0. The van der Waals surface area contributed by atoms with Gasteiger partial charge in [0.2, 0.25) is 5.95 Å². The van der Waals surface area contributed by atoms with E-state index in [9.17, 15) is 0 Å². The Labute approximate surface area is 119 Å². The molecule has 3 aromatic rings. The van der Waals surface area contributed by atoms with Crippen molar-refractivity contribution in [3.8, 4) is 0 Å². The molecule has 3 rings (SSSR count). The van der Waals surface area contributed by atoms with Crippen molar-refractivity contribution in [1.82, 2.24) is 19.9 Å². The molecule has 0 amide bonds. The molecule has 0 aliphatic rings. The topological polar surface area (TPSA) is 102 Å². The largest absolute Gasteiger partial charge is 0.364 e. The van der Waals surface area contributed by atoms with Gasteiger partial charge < -0.3 is 5.32 Å². The van der Waals surface area contributed by atoms with Crippen molar-refractivity contribution in [2.45, 2.75) is 13.5 Å². The van der Waals surface area contributed by atoms with Crippen LogP contribution in [0.4, 0.5) is 11.8 Å². The molecule has 4 N–H and O–H groups in total. The summed E-state index contributed by atoms with van der Waals surface area (Å²) in [6.07, 6.45) is 3.49. The van der Waals surface area contributed by atoms with E-state index in [1.165, 1.54) is 0 Å². The van der Waals surface area contributed by atoms with Crippen LogP contribution in [0, 0.1) is 6.92 Å². The molecule has 0 fully saturated rings. The fourth-order valence-corrected chi connectivity index (χ4v) is 2.50. The van der Waals surface area contributed by atoms with Crippen molar-refractivity contribution in [3.05, 3.63) is 35.2 Å². The number of hydrazine groups is 1. The zero-order valence-corrected chi connectivity index (χ0v) is 11.6. The van der Waals surface area contributed by atoms with E-state index in [1.54, 1.807) is 23.7 Å². The van der Waals surface area contributed by atoms with Crippen molar-refractivity contribution >= 4 is 33.3 Å². The first-order chi connectivity index (χ1) is 9.76. The number of nitrogens with zero attached hydrogens (tertiary/aromatic N) is 4. The van der Waals surface area contributed by atoms with Crippen LogP contribution in [0.2, 0.25) is 0 Å². The molecule has 3 heterocycles. The lowest BCUT2D eigenvalue weighted by atomic mass is 10.3. The van der Waals surface area contributed by atoms with Gasteiger partial charge in [0.25, 0.3) is 0 Å². The number of aromatic nitrogens is 4. The number of aryl methyl sites for hydroxylation is 1. The second-order valence-corrected chi connectivity index (χ2v) is 5.08. The minimum atomic E-state index is 0.387. The molecule has 0 spiro atoms. The molecule has 0 aliphatic carbocycles. The average Bonchev–Trinajstić information content (AvgIpc) is 2.94. The molecule has 0 unspecified atom stereocenters. The standard InChI is InChI=1S/C12H13N7S/c1-7-4-15-8(5-14-7)6-16-10-9-2-3-20-11(9)18-12(17-10)19-13/h2-5H,6,13H2,1H3,(H2,16,17,18,19). The normalized spacial score (nSPS) is 10.7. The van der Waals surface area contributed by atoms with Crippen molar-refractivity contribution in [2.75, 3.05) is 10.7 Å². The fourth-order valence-electron chi connectivity index (χ4n) is 1.74. The predicted octanol–water partition coefficient (Wildman–Crippen LogP) is 1.69. The lowest BCUT2D eigenvalue weighted by Crippen LogP contribution is -2.12. The van der Waals surface area contributed by atoms with E-state index < -0.39 is 0 Å². The first-order valence-electron chi connectivity index (χ1n) is 5.99. The molecule has 0 atom stereocenters. The van der Waals surface area contributed by atoms with Crippen molar-refractivity contribution in [3.63, 3.8) is 0 Å². The fraction of sp³-hybridized carbons (Fsp3) is 0.167. The monoisotopic (exact) mass is 287 g/mol. The highest BCUT2D eigenvalue weighted by Gasteiger charge is 2.08. The van der Waals surface area contributed by atoms with Crippen LogP contribution < -0.4 is 16.6 Å². The van der Waals surface area contributed by atoms with Crippen molar-refractivity contribution in [1.29, 1.82) is 0 Å². The Morgan fingerprint density at radius 2 is 2.15 bits per heavy atom. The Balaban J connectivity index is 1.86. The van der Waals surface area contributed by atoms with E-state index in [0.29, 0.717) is 12.5 Å². The molecule has 0 aliphatic heterocycles. The van der Waals surface area contributed by atoms with Gasteiger partial charge in [-0.15, -0.1) is 11.3 Å². The molecular weight excluding hydrogens is 274 g/mol. The third-order valence-corrected chi connectivity index (χ3v) is 3.53. The number of hydrogen-bond acceptors (Lipinski definition) is 8. The zero-order valence-electron chi connectivity index (χ0n) is 10.8. The molecule has 3 aromatic heterocycles. The van der Waals surface area contributed by atoms with Gasteiger partial charge in [-0.2, -0.15) is 4.98 Å². The number of nitrogens with one attached hydrogen (secondary N) is 2. The van der Waals surface area contributed by atoms with E-state index in [4.69, 9.17) is 5.84 Å². The molecular formula is C12H13N7S. The summed E-state index contributed by atoms with van der Waals surface area (Å²) in [7, 11) is 0. The maximum Gasteiger partial charge on any atom is 0.240 e. The zero-order chi connectivity index (χ0) is 13.9. The van der Waals surface area contributed by atoms with Crippen LogP contribution in [0.15, 0.2) is 23.8 Å². The van der Waals surface area contributed by atoms with E-state index in [0.717, 1.165) is 27.4 Å². The molecule has 0 radical (unpaired) electrons. The lowest BCUT2D eigenvalue weighted by Gasteiger charge is -2.08. The average molecular weight is 287 g/mol. The summed E-state index contributed by atoms with van der Waals surface area (Å²) in [6.45, 7) is 2.45. The molecule has 0 bridgehead atoms. The maximum atomic E-state index is 5.38. The highest BCUT2D eigenvalue weighted by Crippen LogP contribution is 2.26. The summed E-state index contributed by atoms with van der Waals surface area (Å²) in [5.74, 6) is 6.50. The van der Waals surface area contributed by atoms with E-state index in [2.05, 4.69) is 30.7 Å². The molecule has 0 aromatic carbocycles. The summed E-state index contributed by atoms with van der Waals surface area (Å²) in [5.41, 5.74) is 4.21. The summed E-state index contributed by atoms with van der Waals surface area (Å²) in [5, 5.41) is 6.18. The van der Waals surface area contributed by atoms with Gasteiger partial charge >= 0.3 is 0 Å². The Hall–Kier alpha value is -2.32. The minimum absolute atomic E-state index is 0.387. The van der Waals surface area contributed by atoms with Crippen LogP contribution in [0.1, 0.15) is 11.4 Å². The van der Waals surface area contributed by atoms with E-state index in [-0.39, 0.29) is 0 Å². The molecule has 0 saturated heterocycles. The van der Waals surface area contributed by atoms with Gasteiger partial charge in [-0.05, 0) is 18.4 Å². The summed E-state index contributed by atoms with van der Waals surface area (Å²) >= 11 is 1.54. The summed E-state index contributed by atoms with van der Waals surface area (Å²) < 4.78 is 0. The van der Waals surface area contributed by atoms with Gasteiger partial charge in [0.15, 0.2) is 0 Å². The van der Waals surface area contributed by atoms with Crippen molar-refractivity contribution in [2.24, 2.45) is 5.84 Å². The maximum absolute atomic E-state index is 5.38. The number of fused-ring (bicyclic) bond motifs is 1. The van der Waals surface area contributed by atoms with Crippen LogP contribution in [-0.2, 0) is 6.54 Å². The third-order valence-electron chi connectivity index (χ3n) is 2.73. The molecule has 102 valence electrons. The van der Waals surface area contributed by atoms with Gasteiger partial charge in [0.1, 0.15) is 10.6 Å². The second kappa shape index (κ2) is 5.35.